The van der Waals surface area contributed by atoms with Crippen molar-refractivity contribution < 1.29 is 0 Å². The van der Waals surface area contributed by atoms with Crippen molar-refractivity contribution >= 4 is 5.82 Å². The maximum atomic E-state index is 4.59. The first kappa shape index (κ1) is 12.6. The van der Waals surface area contributed by atoms with Crippen molar-refractivity contribution in [2.75, 3.05) is 12.4 Å². The molecule has 1 aromatic heterocycles. The highest BCUT2D eigenvalue weighted by Gasteiger charge is 2.05. The summed E-state index contributed by atoms with van der Waals surface area (Å²) in [6.45, 7) is 4.23. The lowest BCUT2D eigenvalue weighted by atomic mass is 10.1. The van der Waals surface area contributed by atoms with Gasteiger partial charge in [-0.3, -0.25) is 0 Å². The summed E-state index contributed by atoms with van der Waals surface area (Å²) in [5.74, 6) is 1.78. The summed E-state index contributed by atoms with van der Waals surface area (Å²) >= 11 is 0. The molecule has 18 heavy (non-hydrogen) atoms. The molecular formula is C15H19N3. The number of aromatic nitrogens is 2. The molecule has 2 aromatic rings. The molecule has 0 fully saturated rings. The Balaban J connectivity index is 2.31. The Morgan fingerprint density at radius 1 is 1.17 bits per heavy atom. The lowest BCUT2D eigenvalue weighted by molar-refractivity contribution is 0.904. The fourth-order valence-electron chi connectivity index (χ4n) is 1.92. The Hall–Kier alpha value is -1.90. The van der Waals surface area contributed by atoms with Gasteiger partial charge < -0.3 is 5.32 Å². The van der Waals surface area contributed by atoms with Crippen LogP contribution in [0.1, 0.15) is 29.6 Å². The fourth-order valence-corrected chi connectivity index (χ4v) is 1.92. The van der Waals surface area contributed by atoms with Gasteiger partial charge in [0.2, 0.25) is 0 Å². The Morgan fingerprint density at radius 3 is 2.61 bits per heavy atom. The number of hydrogen-bond donors (Lipinski definition) is 1. The molecule has 0 bridgehead atoms. The minimum absolute atomic E-state index is 0.787. The first-order valence-corrected chi connectivity index (χ1v) is 6.32. The van der Waals surface area contributed by atoms with Crippen molar-refractivity contribution in [2.45, 2.75) is 26.7 Å². The van der Waals surface area contributed by atoms with E-state index in [9.17, 15) is 0 Å². The van der Waals surface area contributed by atoms with Crippen LogP contribution in [0.2, 0.25) is 0 Å². The van der Waals surface area contributed by atoms with Crippen molar-refractivity contribution in [3.05, 3.63) is 53.0 Å². The number of anilines is 1. The van der Waals surface area contributed by atoms with Crippen LogP contribution in [0.5, 0.6) is 0 Å². The molecular weight excluding hydrogens is 222 g/mol. The molecule has 0 radical (unpaired) electrons. The van der Waals surface area contributed by atoms with Gasteiger partial charge in [0.15, 0.2) is 0 Å². The zero-order valence-electron chi connectivity index (χ0n) is 11.2. The van der Waals surface area contributed by atoms with E-state index in [1.807, 2.05) is 13.1 Å². The van der Waals surface area contributed by atoms with Gasteiger partial charge in [-0.25, -0.2) is 9.97 Å². The molecule has 3 nitrogen and oxygen atoms in total. The van der Waals surface area contributed by atoms with Crippen molar-refractivity contribution in [3.8, 4) is 0 Å². The van der Waals surface area contributed by atoms with Crippen LogP contribution in [0.3, 0.4) is 0 Å². The third-order valence-corrected chi connectivity index (χ3v) is 3.05. The monoisotopic (exact) mass is 241 g/mol. The second-order valence-electron chi connectivity index (χ2n) is 4.37. The van der Waals surface area contributed by atoms with Gasteiger partial charge in [0, 0.05) is 25.2 Å². The molecule has 0 aliphatic heterocycles. The Kier molecular flexibility index (Phi) is 3.92. The standard InChI is InChI=1S/C15H19N3/c1-4-13-10-14(16-3)18-15(17-13)9-12-8-6-5-7-11(12)2/h5-8,10H,4,9H2,1-3H3,(H,16,17,18). The zero-order valence-corrected chi connectivity index (χ0v) is 11.2. The SMILES string of the molecule is CCc1cc(NC)nc(Cc2ccccc2C)n1. The predicted molar refractivity (Wildman–Crippen MR) is 74.9 cm³/mol. The van der Waals surface area contributed by atoms with E-state index < -0.39 is 0 Å². The number of benzene rings is 1. The molecule has 1 aromatic carbocycles. The van der Waals surface area contributed by atoms with Crippen LogP contribution in [0.4, 0.5) is 5.82 Å². The largest absolute Gasteiger partial charge is 0.373 e. The topological polar surface area (TPSA) is 37.8 Å². The van der Waals surface area contributed by atoms with Crippen LogP contribution in [-0.2, 0) is 12.8 Å². The number of nitrogens with zero attached hydrogens (tertiary/aromatic N) is 2. The maximum Gasteiger partial charge on any atom is 0.135 e. The predicted octanol–water partition coefficient (Wildman–Crippen LogP) is 2.98. The van der Waals surface area contributed by atoms with Crippen LogP contribution in [-0.4, -0.2) is 17.0 Å². The Labute approximate surface area is 108 Å². The third kappa shape index (κ3) is 2.86. The van der Waals surface area contributed by atoms with E-state index in [0.29, 0.717) is 0 Å². The van der Waals surface area contributed by atoms with Crippen LogP contribution in [0.15, 0.2) is 30.3 Å². The smallest absolute Gasteiger partial charge is 0.135 e. The maximum absolute atomic E-state index is 4.59. The van der Waals surface area contributed by atoms with E-state index in [2.05, 4.69) is 53.4 Å². The molecule has 2 rings (SSSR count). The van der Waals surface area contributed by atoms with Gasteiger partial charge in [-0.2, -0.15) is 0 Å². The van der Waals surface area contributed by atoms with Crippen LogP contribution >= 0.6 is 0 Å². The van der Waals surface area contributed by atoms with Gasteiger partial charge in [0.25, 0.3) is 0 Å². The van der Waals surface area contributed by atoms with E-state index in [1.54, 1.807) is 0 Å². The summed E-state index contributed by atoms with van der Waals surface area (Å²) in [6, 6.07) is 10.4. The molecule has 0 spiro atoms. The summed E-state index contributed by atoms with van der Waals surface area (Å²) < 4.78 is 0. The fraction of sp³-hybridized carbons (Fsp3) is 0.333. The minimum Gasteiger partial charge on any atom is -0.373 e. The number of nitrogens with one attached hydrogen (secondary N) is 1. The van der Waals surface area contributed by atoms with Gasteiger partial charge >= 0.3 is 0 Å². The van der Waals surface area contributed by atoms with Crippen molar-refractivity contribution in [1.29, 1.82) is 0 Å². The molecule has 0 aliphatic rings. The molecule has 94 valence electrons. The van der Waals surface area contributed by atoms with Gasteiger partial charge in [-0.1, -0.05) is 31.2 Å². The van der Waals surface area contributed by atoms with Crippen molar-refractivity contribution in [2.24, 2.45) is 0 Å². The highest BCUT2D eigenvalue weighted by molar-refractivity contribution is 5.36. The van der Waals surface area contributed by atoms with E-state index in [0.717, 1.165) is 30.2 Å². The average Bonchev–Trinajstić information content (AvgIpc) is 2.41. The molecule has 0 unspecified atom stereocenters. The summed E-state index contributed by atoms with van der Waals surface area (Å²) in [6.07, 6.45) is 1.72. The summed E-state index contributed by atoms with van der Waals surface area (Å²) in [4.78, 5) is 9.10. The molecule has 0 aliphatic carbocycles. The summed E-state index contributed by atoms with van der Waals surface area (Å²) in [5.41, 5.74) is 3.65. The highest BCUT2D eigenvalue weighted by Crippen LogP contribution is 2.13. The molecule has 0 amide bonds. The third-order valence-electron chi connectivity index (χ3n) is 3.05. The Bertz CT molecular complexity index is 513. The van der Waals surface area contributed by atoms with Gasteiger partial charge in [0.1, 0.15) is 11.6 Å². The van der Waals surface area contributed by atoms with Crippen LogP contribution < -0.4 is 5.32 Å². The molecule has 0 saturated carbocycles. The van der Waals surface area contributed by atoms with Gasteiger partial charge in [-0.15, -0.1) is 0 Å². The molecule has 0 saturated heterocycles. The van der Waals surface area contributed by atoms with E-state index in [4.69, 9.17) is 0 Å². The van der Waals surface area contributed by atoms with Gasteiger partial charge in [-0.05, 0) is 24.5 Å². The zero-order chi connectivity index (χ0) is 13.0. The van der Waals surface area contributed by atoms with Crippen LogP contribution in [0, 0.1) is 6.92 Å². The van der Waals surface area contributed by atoms with Crippen LogP contribution in [0.25, 0.3) is 0 Å². The van der Waals surface area contributed by atoms with Gasteiger partial charge in [0.05, 0.1) is 0 Å². The second-order valence-corrected chi connectivity index (χ2v) is 4.37. The Morgan fingerprint density at radius 2 is 1.94 bits per heavy atom. The van der Waals surface area contributed by atoms with E-state index in [-0.39, 0.29) is 0 Å². The van der Waals surface area contributed by atoms with E-state index in [1.165, 1.54) is 11.1 Å². The highest BCUT2D eigenvalue weighted by atomic mass is 15.0. The minimum atomic E-state index is 0.787. The molecule has 1 N–H and O–H groups in total. The second kappa shape index (κ2) is 5.63. The summed E-state index contributed by atoms with van der Waals surface area (Å²) in [7, 11) is 1.89. The molecule has 3 heteroatoms. The molecule has 0 atom stereocenters. The lowest BCUT2D eigenvalue weighted by Gasteiger charge is -2.08. The average molecular weight is 241 g/mol. The lowest BCUT2D eigenvalue weighted by Crippen LogP contribution is -2.04. The summed E-state index contributed by atoms with van der Waals surface area (Å²) in [5, 5.41) is 3.09. The number of hydrogen-bond acceptors (Lipinski definition) is 3. The number of aryl methyl sites for hydroxylation is 2. The molecule has 1 heterocycles. The first-order valence-electron chi connectivity index (χ1n) is 6.32. The van der Waals surface area contributed by atoms with Crippen molar-refractivity contribution in [1.82, 2.24) is 9.97 Å². The first-order chi connectivity index (χ1) is 8.72. The normalized spacial score (nSPS) is 10.4. The quantitative estimate of drug-likeness (QED) is 0.894. The van der Waals surface area contributed by atoms with Crippen molar-refractivity contribution in [3.63, 3.8) is 0 Å². The van der Waals surface area contributed by atoms with E-state index >= 15 is 0 Å². The number of rotatable bonds is 4.